The van der Waals surface area contributed by atoms with E-state index < -0.39 is 59.4 Å². The van der Waals surface area contributed by atoms with E-state index in [1.54, 1.807) is 12.1 Å². The molecule has 0 fully saturated rings. The summed E-state index contributed by atoms with van der Waals surface area (Å²) in [7, 11) is 3.37. The van der Waals surface area contributed by atoms with Crippen LogP contribution in [0.25, 0.3) is 0 Å². The van der Waals surface area contributed by atoms with E-state index in [2.05, 4.69) is 4.74 Å². The number of benzene rings is 1. The van der Waals surface area contributed by atoms with Crippen LogP contribution in [0.1, 0.15) is 18.9 Å². The van der Waals surface area contributed by atoms with Crippen molar-refractivity contribution in [3.8, 4) is 0 Å². The average Bonchev–Trinajstić information content (AvgIpc) is 3.12. The number of nitrogens with zero attached hydrogens (tertiary/aromatic N) is 1. The van der Waals surface area contributed by atoms with E-state index in [0.717, 1.165) is 14.2 Å². The van der Waals surface area contributed by atoms with Crippen molar-refractivity contribution in [2.75, 3.05) is 39.4 Å². The first-order valence-corrected chi connectivity index (χ1v) is 10.4. The van der Waals surface area contributed by atoms with Gasteiger partial charge in [0.15, 0.2) is 5.41 Å². The topological polar surface area (TPSA) is 161 Å². The van der Waals surface area contributed by atoms with Crippen molar-refractivity contribution in [1.29, 1.82) is 0 Å². The third-order valence-corrected chi connectivity index (χ3v) is 5.61. The number of anilines is 1. The highest BCUT2D eigenvalue weighted by atomic mass is 16.6. The number of fused-ring (bicyclic) bond motifs is 2. The number of ether oxygens (including phenoxy) is 5. The van der Waals surface area contributed by atoms with Crippen molar-refractivity contribution < 1.29 is 47.7 Å². The highest BCUT2D eigenvalue weighted by Crippen LogP contribution is 2.54. The van der Waals surface area contributed by atoms with Crippen molar-refractivity contribution in [3.05, 3.63) is 52.6 Å². The molecule has 0 radical (unpaired) electrons. The van der Waals surface area contributed by atoms with Gasteiger partial charge in [-0.2, -0.15) is 0 Å². The van der Waals surface area contributed by atoms with E-state index in [9.17, 15) is 24.0 Å². The Balaban J connectivity index is 2.46. The molecule has 3 rings (SSSR count). The predicted octanol–water partition coefficient (Wildman–Crippen LogP) is 0.198. The van der Waals surface area contributed by atoms with Gasteiger partial charge in [-0.1, -0.05) is 18.2 Å². The molecule has 2 aliphatic heterocycles. The number of esters is 5. The van der Waals surface area contributed by atoms with Crippen LogP contribution in [0, 0.1) is 0 Å². The van der Waals surface area contributed by atoms with Crippen LogP contribution >= 0.6 is 0 Å². The number of para-hydroxylation sites is 1. The molecule has 0 unspecified atom stereocenters. The van der Waals surface area contributed by atoms with Crippen LogP contribution in [0.5, 0.6) is 0 Å². The Morgan fingerprint density at radius 3 is 2.23 bits per heavy atom. The van der Waals surface area contributed by atoms with Gasteiger partial charge >= 0.3 is 29.8 Å². The van der Waals surface area contributed by atoms with Gasteiger partial charge in [0.25, 0.3) is 0 Å². The Morgan fingerprint density at radius 2 is 1.63 bits per heavy atom. The van der Waals surface area contributed by atoms with Gasteiger partial charge in [-0.05, 0) is 13.0 Å². The molecule has 1 atom stereocenters. The molecule has 12 nitrogen and oxygen atoms in total. The number of carbonyl (C=O) groups excluding carboxylic acids is 5. The number of hydrogen-bond donors (Lipinski definition) is 1. The van der Waals surface area contributed by atoms with Crippen LogP contribution < -0.4 is 10.6 Å². The standard InChI is InChI=1S/C23H24N2O10/c1-5-34-21(29)18-19(24)25(11-16(27)32-3)13-9-7-6-8-12(13)23(18)17(20(28)33-4)14(35-22(23)30)10-15(26)31-2/h6-9H,5,10-11,24H2,1-4H3/t23-/m1/s1. The van der Waals surface area contributed by atoms with Gasteiger partial charge in [-0.25, -0.2) is 14.4 Å². The summed E-state index contributed by atoms with van der Waals surface area (Å²) in [5.74, 6) is -5.35. The molecule has 2 N–H and O–H groups in total. The summed E-state index contributed by atoms with van der Waals surface area (Å²) in [6, 6.07) is 6.17. The summed E-state index contributed by atoms with van der Waals surface area (Å²) in [6.07, 6.45) is -0.599. The SMILES string of the molecule is CCOC(=O)C1=C(N)N(CC(=O)OC)c2ccccc2[C@]12C(=O)OC(CC(=O)OC)=C2C(=O)OC. The van der Waals surface area contributed by atoms with Crippen LogP contribution in [0.4, 0.5) is 5.69 Å². The van der Waals surface area contributed by atoms with E-state index in [4.69, 9.17) is 24.7 Å². The number of cyclic esters (lactones) is 1. The second-order valence-electron chi connectivity index (χ2n) is 7.34. The Kier molecular flexibility index (Phi) is 7.13. The van der Waals surface area contributed by atoms with E-state index >= 15 is 0 Å². The smallest absolute Gasteiger partial charge is 0.339 e. The van der Waals surface area contributed by atoms with E-state index in [-0.39, 0.29) is 29.4 Å². The van der Waals surface area contributed by atoms with Crippen molar-refractivity contribution in [2.24, 2.45) is 5.73 Å². The Hall–Kier alpha value is -4.35. The molecule has 0 bridgehead atoms. The van der Waals surface area contributed by atoms with Crippen molar-refractivity contribution in [2.45, 2.75) is 18.8 Å². The van der Waals surface area contributed by atoms with Crippen LogP contribution in [0.3, 0.4) is 0 Å². The monoisotopic (exact) mass is 488 g/mol. The quantitative estimate of drug-likeness (QED) is 0.411. The third kappa shape index (κ3) is 3.96. The number of hydrogen-bond acceptors (Lipinski definition) is 12. The maximum Gasteiger partial charge on any atom is 0.339 e. The normalized spacial score (nSPS) is 18.7. The molecule has 0 saturated heterocycles. The largest absolute Gasteiger partial charge is 0.469 e. The Labute approximate surface area is 200 Å². The first-order chi connectivity index (χ1) is 16.7. The summed E-state index contributed by atoms with van der Waals surface area (Å²) in [4.78, 5) is 65.5. The third-order valence-electron chi connectivity index (χ3n) is 5.61. The lowest BCUT2D eigenvalue weighted by atomic mass is 9.66. The van der Waals surface area contributed by atoms with Crippen LogP contribution in [-0.4, -0.2) is 64.3 Å². The summed E-state index contributed by atoms with van der Waals surface area (Å²) >= 11 is 0. The average molecular weight is 488 g/mol. The molecule has 1 spiro atoms. The van der Waals surface area contributed by atoms with E-state index in [0.29, 0.717) is 0 Å². The summed E-state index contributed by atoms with van der Waals surface area (Å²) in [5.41, 5.74) is 3.57. The zero-order valence-electron chi connectivity index (χ0n) is 19.5. The Morgan fingerprint density at radius 1 is 0.971 bits per heavy atom. The van der Waals surface area contributed by atoms with Crippen LogP contribution in [0.2, 0.25) is 0 Å². The second-order valence-corrected chi connectivity index (χ2v) is 7.34. The van der Waals surface area contributed by atoms with E-state index in [1.165, 1.54) is 31.1 Å². The number of rotatable bonds is 7. The number of methoxy groups -OCH3 is 3. The lowest BCUT2D eigenvalue weighted by Crippen LogP contribution is -2.51. The molecule has 0 amide bonds. The van der Waals surface area contributed by atoms with Crippen molar-refractivity contribution in [1.82, 2.24) is 0 Å². The maximum absolute atomic E-state index is 13.6. The molecular weight excluding hydrogens is 464 g/mol. The zero-order valence-corrected chi connectivity index (χ0v) is 19.5. The van der Waals surface area contributed by atoms with Gasteiger partial charge in [-0.15, -0.1) is 0 Å². The number of nitrogens with two attached hydrogens (primary N) is 1. The highest BCUT2D eigenvalue weighted by molar-refractivity contribution is 6.16. The molecule has 12 heteroatoms. The molecule has 186 valence electrons. The predicted molar refractivity (Wildman–Crippen MR) is 117 cm³/mol. The molecule has 35 heavy (non-hydrogen) atoms. The molecule has 1 aromatic carbocycles. The molecule has 0 saturated carbocycles. The summed E-state index contributed by atoms with van der Waals surface area (Å²) in [6.45, 7) is 1.03. The summed E-state index contributed by atoms with van der Waals surface area (Å²) < 4.78 is 24.9. The zero-order chi connectivity index (χ0) is 25.9. The Bertz CT molecular complexity index is 1170. The van der Waals surface area contributed by atoms with Gasteiger partial charge in [0.2, 0.25) is 0 Å². The minimum atomic E-state index is -2.24. The van der Waals surface area contributed by atoms with Gasteiger partial charge in [0.1, 0.15) is 35.7 Å². The first kappa shape index (κ1) is 25.3. The van der Waals surface area contributed by atoms with Gasteiger partial charge in [0.05, 0.1) is 27.9 Å². The van der Waals surface area contributed by atoms with Gasteiger partial charge < -0.3 is 34.3 Å². The molecule has 1 aromatic rings. The molecular formula is C23H24N2O10. The van der Waals surface area contributed by atoms with Crippen molar-refractivity contribution in [3.63, 3.8) is 0 Å². The molecule has 2 aliphatic rings. The number of carbonyl (C=O) groups is 5. The van der Waals surface area contributed by atoms with Gasteiger partial charge in [0, 0.05) is 11.3 Å². The van der Waals surface area contributed by atoms with Crippen molar-refractivity contribution >= 4 is 35.5 Å². The lowest BCUT2D eigenvalue weighted by Gasteiger charge is -2.40. The van der Waals surface area contributed by atoms with Crippen LogP contribution in [-0.2, 0) is 53.1 Å². The fraction of sp³-hybridized carbons (Fsp3) is 0.348. The van der Waals surface area contributed by atoms with E-state index in [1.807, 2.05) is 0 Å². The highest BCUT2D eigenvalue weighted by Gasteiger charge is 2.64. The summed E-state index contributed by atoms with van der Waals surface area (Å²) in [5, 5.41) is 0. The maximum atomic E-state index is 13.6. The second kappa shape index (κ2) is 9.87. The minimum absolute atomic E-state index is 0.0893. The molecule has 0 aliphatic carbocycles. The minimum Gasteiger partial charge on any atom is -0.469 e. The van der Waals surface area contributed by atoms with Crippen LogP contribution in [0.15, 0.2) is 47.0 Å². The fourth-order valence-corrected chi connectivity index (χ4v) is 4.16. The lowest BCUT2D eigenvalue weighted by molar-refractivity contribution is -0.147. The van der Waals surface area contributed by atoms with Gasteiger partial charge in [-0.3, -0.25) is 9.59 Å². The molecule has 0 aromatic heterocycles. The molecule has 2 heterocycles. The fourth-order valence-electron chi connectivity index (χ4n) is 4.16. The first-order valence-electron chi connectivity index (χ1n) is 10.4.